The SMILES string of the molecule is Cc1ccc(C(C)NC(=O)c2cc([N+](=O)[O-])ccc2F)o1. The zero-order chi connectivity index (χ0) is 15.6. The smallest absolute Gasteiger partial charge is 0.270 e. The number of benzene rings is 1. The molecule has 0 aliphatic heterocycles. The number of hydrogen-bond acceptors (Lipinski definition) is 4. The third kappa shape index (κ3) is 3.25. The Bertz CT molecular complexity index is 696. The number of amides is 1. The quantitative estimate of drug-likeness (QED) is 0.693. The van der Waals surface area contributed by atoms with Crippen LogP contribution in [-0.4, -0.2) is 10.8 Å². The number of carbonyl (C=O) groups is 1. The number of nitrogens with zero attached hydrogens (tertiary/aromatic N) is 1. The molecule has 0 aliphatic carbocycles. The second-order valence-corrected chi connectivity index (χ2v) is 4.56. The van der Waals surface area contributed by atoms with Gasteiger partial charge < -0.3 is 9.73 Å². The first-order valence-corrected chi connectivity index (χ1v) is 6.19. The summed E-state index contributed by atoms with van der Waals surface area (Å²) in [6.45, 7) is 3.43. The molecular formula is C14H13FN2O4. The minimum atomic E-state index is -0.819. The molecule has 0 saturated carbocycles. The van der Waals surface area contributed by atoms with Crippen LogP contribution in [0.2, 0.25) is 0 Å². The Hall–Kier alpha value is -2.70. The molecule has 1 aromatic heterocycles. The van der Waals surface area contributed by atoms with E-state index in [0.29, 0.717) is 11.5 Å². The minimum absolute atomic E-state index is 0.344. The number of nitro groups is 1. The first kappa shape index (κ1) is 14.7. The second kappa shape index (κ2) is 5.74. The standard InChI is InChI=1S/C14H13FN2O4/c1-8-3-6-13(21-8)9(2)16-14(18)11-7-10(17(19)20)4-5-12(11)15/h3-7,9H,1-2H3,(H,16,18). The molecule has 1 heterocycles. The van der Waals surface area contributed by atoms with E-state index in [0.717, 1.165) is 18.2 Å². The fourth-order valence-corrected chi connectivity index (χ4v) is 1.83. The summed E-state index contributed by atoms with van der Waals surface area (Å²) in [5.74, 6) is -0.349. The van der Waals surface area contributed by atoms with Crippen LogP contribution in [-0.2, 0) is 0 Å². The summed E-state index contributed by atoms with van der Waals surface area (Å²) < 4.78 is 19.0. The summed E-state index contributed by atoms with van der Waals surface area (Å²) in [5, 5.41) is 13.2. The lowest BCUT2D eigenvalue weighted by Crippen LogP contribution is -2.27. The predicted octanol–water partition coefficient (Wildman–Crippen LogP) is 3.13. The van der Waals surface area contributed by atoms with E-state index in [1.807, 2.05) is 0 Å². The third-order valence-electron chi connectivity index (χ3n) is 2.94. The molecule has 1 N–H and O–H groups in total. The van der Waals surface area contributed by atoms with E-state index in [4.69, 9.17) is 4.42 Å². The molecule has 21 heavy (non-hydrogen) atoms. The van der Waals surface area contributed by atoms with Gasteiger partial charge in [-0.2, -0.15) is 0 Å². The van der Waals surface area contributed by atoms with Gasteiger partial charge in [0.25, 0.3) is 11.6 Å². The highest BCUT2D eigenvalue weighted by atomic mass is 19.1. The van der Waals surface area contributed by atoms with Crippen molar-refractivity contribution in [2.75, 3.05) is 0 Å². The number of halogens is 1. The summed E-state index contributed by atoms with van der Waals surface area (Å²) in [5.41, 5.74) is -0.720. The second-order valence-electron chi connectivity index (χ2n) is 4.56. The average molecular weight is 292 g/mol. The number of furan rings is 1. The number of rotatable bonds is 4. The van der Waals surface area contributed by atoms with Crippen LogP contribution in [0.5, 0.6) is 0 Å². The van der Waals surface area contributed by atoms with Crippen molar-refractivity contribution >= 4 is 11.6 Å². The summed E-state index contributed by atoms with van der Waals surface area (Å²) in [6.07, 6.45) is 0. The molecular weight excluding hydrogens is 279 g/mol. The minimum Gasteiger partial charge on any atom is -0.464 e. The van der Waals surface area contributed by atoms with Gasteiger partial charge in [0.05, 0.1) is 16.5 Å². The maximum atomic E-state index is 13.6. The van der Waals surface area contributed by atoms with Crippen molar-refractivity contribution in [1.29, 1.82) is 0 Å². The molecule has 2 rings (SSSR count). The van der Waals surface area contributed by atoms with Crippen LogP contribution in [0.25, 0.3) is 0 Å². The van der Waals surface area contributed by atoms with Crippen LogP contribution >= 0.6 is 0 Å². The molecule has 110 valence electrons. The van der Waals surface area contributed by atoms with E-state index in [-0.39, 0.29) is 11.3 Å². The van der Waals surface area contributed by atoms with Gasteiger partial charge in [0.15, 0.2) is 0 Å². The van der Waals surface area contributed by atoms with Crippen LogP contribution in [0, 0.1) is 22.9 Å². The molecule has 1 atom stereocenters. The van der Waals surface area contributed by atoms with Gasteiger partial charge >= 0.3 is 0 Å². The van der Waals surface area contributed by atoms with Gasteiger partial charge in [0.2, 0.25) is 0 Å². The van der Waals surface area contributed by atoms with Crippen LogP contribution in [0.15, 0.2) is 34.7 Å². The lowest BCUT2D eigenvalue weighted by molar-refractivity contribution is -0.384. The highest BCUT2D eigenvalue weighted by Crippen LogP contribution is 2.19. The number of carbonyl (C=O) groups excluding carboxylic acids is 1. The van der Waals surface area contributed by atoms with Gasteiger partial charge in [0, 0.05) is 12.1 Å². The van der Waals surface area contributed by atoms with E-state index in [1.165, 1.54) is 0 Å². The molecule has 0 aliphatic rings. The van der Waals surface area contributed by atoms with E-state index in [9.17, 15) is 19.3 Å². The van der Waals surface area contributed by atoms with E-state index in [2.05, 4.69) is 5.32 Å². The predicted molar refractivity (Wildman–Crippen MR) is 72.4 cm³/mol. The Balaban J connectivity index is 2.20. The van der Waals surface area contributed by atoms with Crippen LogP contribution < -0.4 is 5.32 Å². The lowest BCUT2D eigenvalue weighted by atomic mass is 10.1. The molecule has 0 spiro atoms. The fraction of sp³-hybridized carbons (Fsp3) is 0.214. The van der Waals surface area contributed by atoms with Crippen molar-refractivity contribution in [3.8, 4) is 0 Å². The Morgan fingerprint density at radius 2 is 2.10 bits per heavy atom. The van der Waals surface area contributed by atoms with Crippen LogP contribution in [0.4, 0.5) is 10.1 Å². The number of nitrogens with one attached hydrogen (secondary N) is 1. The molecule has 1 unspecified atom stereocenters. The zero-order valence-corrected chi connectivity index (χ0v) is 11.4. The molecule has 2 aromatic rings. The summed E-state index contributed by atoms with van der Waals surface area (Å²) in [4.78, 5) is 22.0. The Morgan fingerprint density at radius 3 is 2.67 bits per heavy atom. The van der Waals surface area contributed by atoms with Gasteiger partial charge in [-0.1, -0.05) is 0 Å². The van der Waals surface area contributed by atoms with E-state index < -0.39 is 22.7 Å². The monoisotopic (exact) mass is 292 g/mol. The summed E-state index contributed by atoms with van der Waals surface area (Å²) in [6, 6.07) is 5.77. The molecule has 6 nitrogen and oxygen atoms in total. The van der Waals surface area contributed by atoms with Crippen molar-refractivity contribution in [1.82, 2.24) is 5.32 Å². The normalized spacial score (nSPS) is 12.0. The van der Waals surface area contributed by atoms with Gasteiger partial charge in [0.1, 0.15) is 17.3 Å². The molecule has 1 aromatic carbocycles. The highest BCUT2D eigenvalue weighted by Gasteiger charge is 2.20. The van der Waals surface area contributed by atoms with Gasteiger partial charge in [-0.25, -0.2) is 4.39 Å². The van der Waals surface area contributed by atoms with Gasteiger partial charge in [-0.15, -0.1) is 0 Å². The van der Waals surface area contributed by atoms with Crippen LogP contribution in [0.1, 0.15) is 34.8 Å². The maximum Gasteiger partial charge on any atom is 0.270 e. The zero-order valence-electron chi connectivity index (χ0n) is 11.4. The largest absolute Gasteiger partial charge is 0.464 e. The van der Waals surface area contributed by atoms with Crippen LogP contribution in [0.3, 0.4) is 0 Å². The maximum absolute atomic E-state index is 13.6. The number of hydrogen-bond donors (Lipinski definition) is 1. The third-order valence-corrected chi connectivity index (χ3v) is 2.94. The first-order valence-electron chi connectivity index (χ1n) is 6.19. The van der Waals surface area contributed by atoms with Crippen molar-refractivity contribution in [2.24, 2.45) is 0 Å². The van der Waals surface area contributed by atoms with E-state index >= 15 is 0 Å². The molecule has 7 heteroatoms. The molecule has 0 bridgehead atoms. The van der Waals surface area contributed by atoms with Crippen molar-refractivity contribution in [3.05, 3.63) is 63.3 Å². The van der Waals surface area contributed by atoms with Gasteiger partial charge in [-0.05, 0) is 32.0 Å². The summed E-state index contributed by atoms with van der Waals surface area (Å²) in [7, 11) is 0. The van der Waals surface area contributed by atoms with Crippen molar-refractivity contribution in [2.45, 2.75) is 19.9 Å². The Labute approximate surface area is 119 Å². The highest BCUT2D eigenvalue weighted by molar-refractivity contribution is 5.95. The molecule has 0 fully saturated rings. The topological polar surface area (TPSA) is 85.4 Å². The lowest BCUT2D eigenvalue weighted by Gasteiger charge is -2.11. The number of nitro benzene ring substituents is 1. The first-order chi connectivity index (χ1) is 9.88. The van der Waals surface area contributed by atoms with Crippen molar-refractivity contribution < 1.29 is 18.5 Å². The molecule has 0 saturated heterocycles. The molecule has 1 amide bonds. The van der Waals surface area contributed by atoms with Gasteiger partial charge in [-0.3, -0.25) is 14.9 Å². The number of aryl methyl sites for hydroxylation is 1. The summed E-state index contributed by atoms with van der Waals surface area (Å²) >= 11 is 0. The fourth-order valence-electron chi connectivity index (χ4n) is 1.83. The number of non-ortho nitro benzene ring substituents is 1. The van der Waals surface area contributed by atoms with Crippen molar-refractivity contribution in [3.63, 3.8) is 0 Å². The Morgan fingerprint density at radius 1 is 1.38 bits per heavy atom. The van der Waals surface area contributed by atoms with E-state index in [1.54, 1.807) is 26.0 Å². The average Bonchev–Trinajstić information content (AvgIpc) is 2.85. The molecule has 0 radical (unpaired) electrons. The Kier molecular flexibility index (Phi) is 4.02.